The van der Waals surface area contributed by atoms with Crippen LogP contribution in [0, 0.1) is 0 Å². The first kappa shape index (κ1) is 26.3. The van der Waals surface area contributed by atoms with Gasteiger partial charge in [0.1, 0.15) is 24.7 Å². The van der Waals surface area contributed by atoms with Crippen LogP contribution in [0.1, 0.15) is 19.4 Å². The monoisotopic (exact) mass is 538 g/mol. The summed E-state index contributed by atoms with van der Waals surface area (Å²) in [5.41, 5.74) is 1.71. The van der Waals surface area contributed by atoms with Crippen molar-refractivity contribution in [1.82, 2.24) is 10.6 Å². The van der Waals surface area contributed by atoms with E-state index >= 15 is 0 Å². The van der Waals surface area contributed by atoms with Crippen molar-refractivity contribution >= 4 is 41.5 Å². The van der Waals surface area contributed by atoms with Crippen molar-refractivity contribution in [2.45, 2.75) is 20.4 Å². The second-order valence-electron chi connectivity index (χ2n) is 6.39. The molecule has 0 atom stereocenters. The Bertz CT molecular complexity index is 858. The molecule has 2 aromatic carbocycles. The maximum Gasteiger partial charge on any atom is 0.221 e. The molecule has 0 aliphatic heterocycles. The van der Waals surface area contributed by atoms with Gasteiger partial charge in [-0.1, -0.05) is 36.9 Å². The number of nitrogens with zero attached hydrogens (tertiary/aromatic N) is 1. The zero-order chi connectivity index (χ0) is 21.6. The fourth-order valence-electron chi connectivity index (χ4n) is 2.64. The Morgan fingerprint density at radius 3 is 2.68 bits per heavy atom. The number of benzene rings is 2. The van der Waals surface area contributed by atoms with Gasteiger partial charge in [-0.3, -0.25) is 4.79 Å². The van der Waals surface area contributed by atoms with E-state index in [1.807, 2.05) is 49.4 Å². The molecule has 0 fully saturated rings. The van der Waals surface area contributed by atoms with Crippen LogP contribution in [0.25, 0.3) is 0 Å². The molecule has 0 saturated carbocycles. The van der Waals surface area contributed by atoms with Gasteiger partial charge >= 0.3 is 0 Å². The van der Waals surface area contributed by atoms with Crippen LogP contribution in [-0.4, -0.2) is 38.2 Å². The Morgan fingerprint density at radius 2 is 1.94 bits per heavy atom. The minimum Gasteiger partial charge on any atom is -0.492 e. The molecule has 0 heterocycles. The van der Waals surface area contributed by atoms with Crippen molar-refractivity contribution in [3.63, 3.8) is 0 Å². The number of rotatable bonds is 11. The summed E-state index contributed by atoms with van der Waals surface area (Å²) >= 11 is 0. The van der Waals surface area contributed by atoms with Crippen molar-refractivity contribution in [2.24, 2.45) is 4.99 Å². The van der Waals surface area contributed by atoms with Gasteiger partial charge in [-0.05, 0) is 25.1 Å². The van der Waals surface area contributed by atoms with Gasteiger partial charge in [0.15, 0.2) is 5.96 Å². The standard InChI is InChI=1S/C23H30N4O3.HI/c1-4-14-30-22-12-7-6-9-19(22)17-26-23(24-5-2)25-13-15-29-21-11-8-10-20(16-21)27-18(3)28;/h4,6-12,16H,1,5,13-15,17H2,2-3H3,(H,27,28)(H2,24,25,26);1H. The van der Waals surface area contributed by atoms with Crippen molar-refractivity contribution < 1.29 is 14.3 Å². The third-order valence-corrected chi connectivity index (χ3v) is 3.90. The first-order valence-corrected chi connectivity index (χ1v) is 9.96. The number of carbonyl (C=O) groups is 1. The van der Waals surface area contributed by atoms with Gasteiger partial charge in [-0.2, -0.15) is 0 Å². The van der Waals surface area contributed by atoms with Crippen molar-refractivity contribution in [1.29, 1.82) is 0 Å². The van der Waals surface area contributed by atoms with Gasteiger partial charge in [0, 0.05) is 30.8 Å². The highest BCUT2D eigenvalue weighted by Gasteiger charge is 2.04. The van der Waals surface area contributed by atoms with E-state index in [-0.39, 0.29) is 29.9 Å². The molecule has 31 heavy (non-hydrogen) atoms. The van der Waals surface area contributed by atoms with Crippen LogP contribution in [0.4, 0.5) is 5.69 Å². The summed E-state index contributed by atoms with van der Waals surface area (Å²) in [7, 11) is 0. The molecule has 8 heteroatoms. The molecule has 2 rings (SSSR count). The number of hydrogen-bond donors (Lipinski definition) is 3. The molecular formula is C23H31IN4O3. The van der Waals surface area contributed by atoms with E-state index in [1.165, 1.54) is 6.92 Å². The van der Waals surface area contributed by atoms with E-state index < -0.39 is 0 Å². The van der Waals surface area contributed by atoms with Crippen molar-refractivity contribution in [3.8, 4) is 11.5 Å². The lowest BCUT2D eigenvalue weighted by Gasteiger charge is -2.13. The number of carbonyl (C=O) groups excluding carboxylic acids is 1. The molecule has 0 spiro atoms. The van der Waals surface area contributed by atoms with Gasteiger partial charge in [0.05, 0.1) is 13.1 Å². The van der Waals surface area contributed by atoms with E-state index in [4.69, 9.17) is 9.47 Å². The predicted molar refractivity (Wildman–Crippen MR) is 137 cm³/mol. The number of guanidine groups is 1. The predicted octanol–water partition coefficient (Wildman–Crippen LogP) is 3.96. The Labute approximate surface area is 201 Å². The van der Waals surface area contributed by atoms with E-state index in [9.17, 15) is 4.79 Å². The first-order chi connectivity index (χ1) is 14.6. The lowest BCUT2D eigenvalue weighted by atomic mass is 10.2. The van der Waals surface area contributed by atoms with E-state index in [0.29, 0.717) is 43.7 Å². The summed E-state index contributed by atoms with van der Waals surface area (Å²) in [6.07, 6.45) is 1.72. The normalized spacial score (nSPS) is 10.5. The summed E-state index contributed by atoms with van der Waals surface area (Å²) in [4.78, 5) is 15.8. The number of para-hydroxylation sites is 1. The molecule has 168 valence electrons. The number of hydrogen-bond acceptors (Lipinski definition) is 4. The van der Waals surface area contributed by atoms with E-state index in [2.05, 4.69) is 27.5 Å². The Morgan fingerprint density at radius 1 is 1.13 bits per heavy atom. The van der Waals surface area contributed by atoms with Crippen molar-refractivity contribution in [3.05, 3.63) is 66.7 Å². The number of amides is 1. The SMILES string of the molecule is C=CCOc1ccccc1CN=C(NCC)NCCOc1cccc(NC(C)=O)c1.I. The fraction of sp³-hybridized carbons (Fsp3) is 0.304. The van der Waals surface area contributed by atoms with Crippen LogP contribution < -0.4 is 25.4 Å². The largest absolute Gasteiger partial charge is 0.492 e. The molecule has 3 N–H and O–H groups in total. The Kier molecular flexibility index (Phi) is 12.8. The van der Waals surface area contributed by atoms with Crippen LogP contribution in [0.15, 0.2) is 66.2 Å². The Balaban J connectivity index is 0.00000480. The van der Waals surface area contributed by atoms with E-state index in [1.54, 1.807) is 12.1 Å². The molecule has 0 bridgehead atoms. The molecule has 0 radical (unpaired) electrons. The van der Waals surface area contributed by atoms with Crippen LogP contribution >= 0.6 is 24.0 Å². The molecule has 0 saturated heterocycles. The summed E-state index contributed by atoms with van der Waals surface area (Å²) < 4.78 is 11.4. The van der Waals surface area contributed by atoms with Crippen LogP contribution in [0.3, 0.4) is 0 Å². The number of anilines is 1. The zero-order valence-corrected chi connectivity index (χ0v) is 20.3. The zero-order valence-electron chi connectivity index (χ0n) is 18.0. The van der Waals surface area contributed by atoms with Crippen LogP contribution in [-0.2, 0) is 11.3 Å². The van der Waals surface area contributed by atoms with Crippen molar-refractivity contribution in [2.75, 3.05) is 31.6 Å². The summed E-state index contributed by atoms with van der Waals surface area (Å²) in [6, 6.07) is 15.1. The lowest BCUT2D eigenvalue weighted by molar-refractivity contribution is -0.114. The average molecular weight is 538 g/mol. The third-order valence-electron chi connectivity index (χ3n) is 3.90. The molecule has 0 aromatic heterocycles. The number of aliphatic imine (C=N–C) groups is 1. The number of nitrogens with one attached hydrogen (secondary N) is 3. The molecule has 2 aromatic rings. The average Bonchev–Trinajstić information content (AvgIpc) is 2.74. The van der Waals surface area contributed by atoms with Gasteiger partial charge in [0.25, 0.3) is 0 Å². The topological polar surface area (TPSA) is 84.0 Å². The second-order valence-corrected chi connectivity index (χ2v) is 6.39. The molecule has 0 aliphatic rings. The molecular weight excluding hydrogens is 507 g/mol. The quantitative estimate of drug-likeness (QED) is 0.133. The number of halogens is 1. The highest BCUT2D eigenvalue weighted by Crippen LogP contribution is 2.19. The highest BCUT2D eigenvalue weighted by molar-refractivity contribution is 14.0. The fourth-order valence-corrected chi connectivity index (χ4v) is 2.64. The van der Waals surface area contributed by atoms with Crippen LogP contribution in [0.5, 0.6) is 11.5 Å². The maximum atomic E-state index is 11.2. The number of ether oxygens (including phenoxy) is 2. The maximum absolute atomic E-state index is 11.2. The van der Waals surface area contributed by atoms with Gasteiger partial charge in [-0.15, -0.1) is 24.0 Å². The molecule has 1 amide bonds. The van der Waals surface area contributed by atoms with Gasteiger partial charge < -0.3 is 25.4 Å². The Hall–Kier alpha value is -2.75. The van der Waals surface area contributed by atoms with E-state index in [0.717, 1.165) is 17.9 Å². The smallest absolute Gasteiger partial charge is 0.221 e. The summed E-state index contributed by atoms with van der Waals surface area (Å²) in [5.74, 6) is 2.08. The van der Waals surface area contributed by atoms with Crippen LogP contribution in [0.2, 0.25) is 0 Å². The van der Waals surface area contributed by atoms with Gasteiger partial charge in [0.2, 0.25) is 5.91 Å². The third kappa shape index (κ3) is 10.2. The lowest BCUT2D eigenvalue weighted by Crippen LogP contribution is -2.39. The molecule has 7 nitrogen and oxygen atoms in total. The first-order valence-electron chi connectivity index (χ1n) is 9.96. The second kappa shape index (κ2) is 15.1. The molecule has 0 unspecified atom stereocenters. The minimum absolute atomic E-state index is 0. The summed E-state index contributed by atoms with van der Waals surface area (Å²) in [6.45, 7) is 9.90. The van der Waals surface area contributed by atoms with Gasteiger partial charge in [-0.25, -0.2) is 4.99 Å². The summed E-state index contributed by atoms with van der Waals surface area (Å²) in [5, 5.41) is 9.22. The minimum atomic E-state index is -0.114. The molecule has 0 aliphatic carbocycles. The highest BCUT2D eigenvalue weighted by atomic mass is 127.